The Balaban J connectivity index is 1.69. The van der Waals surface area contributed by atoms with Crippen LogP contribution in [0.4, 0.5) is 0 Å². The van der Waals surface area contributed by atoms with Crippen LogP contribution in [0.15, 0.2) is 57.2 Å². The molecular weight excluding hydrogens is 384 g/mol. The normalized spacial score (nSPS) is 11.5. The number of unbranched alkanes of at least 4 members (excludes halogenated alkanes) is 1. The summed E-state index contributed by atoms with van der Waals surface area (Å²) < 4.78 is 11.8. The molecule has 0 aliphatic rings. The molecule has 8 nitrogen and oxygen atoms in total. The summed E-state index contributed by atoms with van der Waals surface area (Å²) in [6, 6.07) is 12.7. The molecular formula is C22H22N4O4. The number of nitrogens with zero attached hydrogens (tertiary/aromatic N) is 2. The minimum Gasteiger partial charge on any atom is -0.496 e. The van der Waals surface area contributed by atoms with E-state index in [0.717, 1.165) is 28.8 Å². The molecule has 0 aliphatic heterocycles. The Kier molecular flexibility index (Phi) is 5.38. The van der Waals surface area contributed by atoms with Crippen LogP contribution in [0.2, 0.25) is 0 Å². The van der Waals surface area contributed by atoms with Gasteiger partial charge in [0, 0.05) is 0 Å². The molecule has 0 fully saturated rings. The van der Waals surface area contributed by atoms with E-state index in [-0.39, 0.29) is 5.52 Å². The second kappa shape index (κ2) is 8.28. The van der Waals surface area contributed by atoms with E-state index in [1.54, 1.807) is 12.1 Å². The molecule has 154 valence electrons. The molecule has 8 heteroatoms. The number of nitrogens with one attached hydrogen (secondary N) is 2. The third kappa shape index (κ3) is 3.59. The van der Waals surface area contributed by atoms with Gasteiger partial charge in [-0.15, -0.1) is 4.68 Å². The molecule has 0 spiro atoms. The van der Waals surface area contributed by atoms with Gasteiger partial charge >= 0.3 is 11.2 Å². The highest BCUT2D eigenvalue weighted by Crippen LogP contribution is 2.29. The first kappa shape index (κ1) is 19.5. The van der Waals surface area contributed by atoms with Gasteiger partial charge in [-0.25, -0.2) is 4.79 Å². The zero-order valence-corrected chi connectivity index (χ0v) is 16.8. The van der Waals surface area contributed by atoms with Crippen LogP contribution in [0.1, 0.15) is 25.3 Å². The summed E-state index contributed by atoms with van der Waals surface area (Å²) in [4.78, 5) is 31.2. The number of H-pyrrole nitrogens is 2. The van der Waals surface area contributed by atoms with E-state index in [9.17, 15) is 9.59 Å². The molecule has 2 aromatic carbocycles. The number of hydrogen-bond acceptors (Lipinski definition) is 5. The van der Waals surface area contributed by atoms with E-state index < -0.39 is 11.2 Å². The van der Waals surface area contributed by atoms with Crippen LogP contribution in [0, 0.1) is 0 Å². The fraction of sp³-hybridized carbons (Fsp3) is 0.227. The zero-order chi connectivity index (χ0) is 21.1. The highest BCUT2D eigenvalue weighted by molar-refractivity contribution is 6.07. The number of ether oxygens (including phenoxy) is 2. The van der Waals surface area contributed by atoms with E-state index in [4.69, 9.17) is 9.47 Å². The molecule has 0 atom stereocenters. The van der Waals surface area contributed by atoms with Crippen LogP contribution in [-0.2, 0) is 0 Å². The lowest BCUT2D eigenvalue weighted by molar-refractivity contribution is 0.309. The molecule has 2 heterocycles. The largest absolute Gasteiger partial charge is 0.496 e. The first-order valence-electron chi connectivity index (χ1n) is 9.73. The van der Waals surface area contributed by atoms with Crippen molar-refractivity contribution in [1.29, 1.82) is 0 Å². The van der Waals surface area contributed by atoms with Crippen molar-refractivity contribution in [1.82, 2.24) is 14.6 Å². The Bertz CT molecular complexity index is 1330. The molecule has 2 N–H and O–H groups in total. The molecule has 0 aliphatic carbocycles. The summed E-state index contributed by atoms with van der Waals surface area (Å²) >= 11 is 0. The summed E-state index contributed by atoms with van der Waals surface area (Å²) in [5.74, 6) is 1.33. The second-order valence-corrected chi connectivity index (χ2v) is 6.82. The average Bonchev–Trinajstić information content (AvgIpc) is 3.13. The van der Waals surface area contributed by atoms with Crippen molar-refractivity contribution >= 4 is 28.2 Å². The minimum atomic E-state index is -0.630. The average molecular weight is 406 g/mol. The van der Waals surface area contributed by atoms with Crippen LogP contribution in [0.5, 0.6) is 11.5 Å². The maximum Gasteiger partial charge on any atom is 0.350 e. The van der Waals surface area contributed by atoms with E-state index in [1.807, 2.05) is 30.3 Å². The lowest BCUT2D eigenvalue weighted by atomic mass is 10.2. The van der Waals surface area contributed by atoms with Crippen LogP contribution in [0.3, 0.4) is 0 Å². The summed E-state index contributed by atoms with van der Waals surface area (Å²) in [5.41, 5.74) is 0.918. The van der Waals surface area contributed by atoms with Crippen molar-refractivity contribution in [2.24, 2.45) is 5.10 Å². The van der Waals surface area contributed by atoms with Crippen molar-refractivity contribution in [3.8, 4) is 11.5 Å². The van der Waals surface area contributed by atoms with Crippen LogP contribution >= 0.6 is 0 Å². The van der Waals surface area contributed by atoms with E-state index >= 15 is 0 Å². The second-order valence-electron chi connectivity index (χ2n) is 6.82. The van der Waals surface area contributed by atoms with Crippen LogP contribution < -0.4 is 20.7 Å². The molecule has 2 aromatic heterocycles. The van der Waals surface area contributed by atoms with Gasteiger partial charge in [-0.1, -0.05) is 19.4 Å². The summed E-state index contributed by atoms with van der Waals surface area (Å²) in [7, 11) is 1.54. The smallest absolute Gasteiger partial charge is 0.350 e. The Morgan fingerprint density at radius 2 is 1.87 bits per heavy atom. The highest BCUT2D eigenvalue weighted by Gasteiger charge is 2.15. The molecule has 0 amide bonds. The Morgan fingerprint density at radius 3 is 2.60 bits per heavy atom. The molecule has 0 radical (unpaired) electrons. The number of fused-ring (bicyclic) bond motifs is 3. The van der Waals surface area contributed by atoms with Gasteiger partial charge in [0.25, 0.3) is 0 Å². The number of methoxy groups -OCH3 is 1. The molecule has 0 unspecified atom stereocenters. The summed E-state index contributed by atoms with van der Waals surface area (Å²) in [5, 5.41) is 4.74. The van der Waals surface area contributed by atoms with Gasteiger partial charge in [0.2, 0.25) is 0 Å². The fourth-order valence-corrected chi connectivity index (χ4v) is 3.24. The first-order valence-corrected chi connectivity index (χ1v) is 9.73. The van der Waals surface area contributed by atoms with E-state index in [2.05, 4.69) is 22.0 Å². The molecule has 4 rings (SSSR count). The lowest BCUT2D eigenvalue weighted by Gasteiger charge is -2.05. The van der Waals surface area contributed by atoms with Gasteiger partial charge in [0.15, 0.2) is 0 Å². The number of rotatable bonds is 7. The highest BCUT2D eigenvalue weighted by atomic mass is 16.5. The summed E-state index contributed by atoms with van der Waals surface area (Å²) in [6.45, 7) is 2.78. The van der Waals surface area contributed by atoms with Crippen LogP contribution in [-0.4, -0.2) is 34.6 Å². The van der Waals surface area contributed by atoms with Gasteiger partial charge in [-0.05, 0) is 48.4 Å². The first-order chi connectivity index (χ1) is 14.6. The van der Waals surface area contributed by atoms with Crippen molar-refractivity contribution in [3.05, 3.63) is 68.9 Å². The van der Waals surface area contributed by atoms with Crippen molar-refractivity contribution in [3.63, 3.8) is 0 Å². The third-order valence-corrected chi connectivity index (χ3v) is 4.81. The molecule has 30 heavy (non-hydrogen) atoms. The Labute approximate surface area is 171 Å². The van der Waals surface area contributed by atoms with Gasteiger partial charge in [-0.2, -0.15) is 5.10 Å². The number of aromatic nitrogens is 3. The third-order valence-electron chi connectivity index (χ3n) is 4.81. The minimum absolute atomic E-state index is 0.255. The quantitative estimate of drug-likeness (QED) is 0.363. The van der Waals surface area contributed by atoms with Crippen molar-refractivity contribution < 1.29 is 9.47 Å². The zero-order valence-electron chi connectivity index (χ0n) is 16.8. The standard InChI is InChI=1S/C22H22N4O4/c1-3-4-12-30-15-10-8-14(9-11-15)13-23-26-21(27)20-19(25-22(26)28)18-16(24-20)6-5-7-17(18)29-2/h5-11,13,24H,3-4,12H2,1-2H3,(H,25,28). The van der Waals surface area contributed by atoms with Gasteiger partial charge < -0.3 is 19.4 Å². The Hall–Kier alpha value is -3.81. The monoisotopic (exact) mass is 406 g/mol. The maximum absolute atomic E-state index is 12.9. The van der Waals surface area contributed by atoms with Gasteiger partial charge in [-0.3, -0.25) is 4.79 Å². The maximum atomic E-state index is 12.9. The predicted octanol–water partition coefficient (Wildman–Crippen LogP) is 3.24. The predicted molar refractivity (Wildman–Crippen MR) is 117 cm³/mol. The molecule has 0 saturated carbocycles. The fourth-order valence-electron chi connectivity index (χ4n) is 3.24. The Morgan fingerprint density at radius 1 is 1.07 bits per heavy atom. The van der Waals surface area contributed by atoms with E-state index in [0.29, 0.717) is 28.8 Å². The number of benzene rings is 2. The lowest BCUT2D eigenvalue weighted by Crippen LogP contribution is -2.32. The van der Waals surface area contributed by atoms with Crippen LogP contribution in [0.25, 0.3) is 21.9 Å². The van der Waals surface area contributed by atoms with Crippen molar-refractivity contribution in [2.45, 2.75) is 19.8 Å². The van der Waals surface area contributed by atoms with E-state index in [1.165, 1.54) is 13.3 Å². The molecule has 0 bridgehead atoms. The molecule has 4 aromatic rings. The SMILES string of the molecule is CCCCOc1ccc(C=Nn2c(=O)[nH]c3c([nH]c4cccc(OC)c43)c2=O)cc1. The van der Waals surface area contributed by atoms with Gasteiger partial charge in [0.05, 0.1) is 36.4 Å². The number of hydrogen-bond donors (Lipinski definition) is 2. The summed E-state index contributed by atoms with van der Waals surface area (Å²) in [6.07, 6.45) is 3.53. The topological polar surface area (TPSA) is 101 Å². The molecule has 0 saturated heterocycles. The van der Waals surface area contributed by atoms with Gasteiger partial charge in [0.1, 0.15) is 17.0 Å². The number of aromatic amines is 2. The van der Waals surface area contributed by atoms with Crippen molar-refractivity contribution in [2.75, 3.05) is 13.7 Å².